The van der Waals surface area contributed by atoms with E-state index in [2.05, 4.69) is 10.1 Å². The van der Waals surface area contributed by atoms with E-state index in [1.54, 1.807) is 29.2 Å². The van der Waals surface area contributed by atoms with Crippen molar-refractivity contribution in [2.24, 2.45) is 0 Å². The molecule has 2 aromatic carbocycles. The standard InChI is InChI=1S/C20H19ClN2O5/c1-27-20(26)13-4-9-16(21)17(11-13)22-18(24)12-28-15-7-5-14(6-8-15)23-10-2-3-19(23)25/h4-9,11H,2-3,10,12H2,1H3,(H,22,24). The van der Waals surface area contributed by atoms with Crippen LogP contribution < -0.4 is 15.0 Å². The summed E-state index contributed by atoms with van der Waals surface area (Å²) < 4.78 is 10.1. The molecule has 0 unspecified atom stereocenters. The van der Waals surface area contributed by atoms with Crippen LogP contribution in [-0.2, 0) is 14.3 Å². The van der Waals surface area contributed by atoms with E-state index in [0.29, 0.717) is 29.4 Å². The highest BCUT2D eigenvalue weighted by Crippen LogP contribution is 2.25. The Bertz CT molecular complexity index is 898. The number of nitrogens with one attached hydrogen (secondary N) is 1. The molecule has 2 aromatic rings. The summed E-state index contributed by atoms with van der Waals surface area (Å²) in [7, 11) is 1.27. The molecule has 1 saturated heterocycles. The maximum atomic E-state index is 12.1. The number of halogens is 1. The molecule has 1 aliphatic rings. The minimum absolute atomic E-state index is 0.110. The second-order valence-electron chi connectivity index (χ2n) is 6.17. The smallest absolute Gasteiger partial charge is 0.337 e. The number of carbonyl (C=O) groups excluding carboxylic acids is 3. The number of rotatable bonds is 6. The summed E-state index contributed by atoms with van der Waals surface area (Å²) in [5, 5.41) is 2.90. The lowest BCUT2D eigenvalue weighted by molar-refractivity contribution is -0.118. The molecule has 1 aliphatic heterocycles. The zero-order valence-electron chi connectivity index (χ0n) is 15.2. The summed E-state index contributed by atoms with van der Waals surface area (Å²) in [6, 6.07) is 11.4. The third-order valence-electron chi connectivity index (χ3n) is 4.25. The van der Waals surface area contributed by atoms with E-state index >= 15 is 0 Å². The van der Waals surface area contributed by atoms with E-state index in [9.17, 15) is 14.4 Å². The SMILES string of the molecule is COC(=O)c1ccc(Cl)c(NC(=O)COc2ccc(N3CCCC3=O)cc2)c1. The van der Waals surface area contributed by atoms with Gasteiger partial charge in [-0.3, -0.25) is 9.59 Å². The number of hydrogen-bond acceptors (Lipinski definition) is 5. The second kappa shape index (κ2) is 8.75. The average Bonchev–Trinajstić information content (AvgIpc) is 3.13. The molecule has 2 amide bonds. The number of amides is 2. The normalized spacial score (nSPS) is 13.4. The Morgan fingerprint density at radius 2 is 1.93 bits per heavy atom. The largest absolute Gasteiger partial charge is 0.484 e. The molecule has 0 bridgehead atoms. The molecular formula is C20H19ClN2O5. The Kier molecular flexibility index (Phi) is 6.16. The van der Waals surface area contributed by atoms with Gasteiger partial charge in [-0.1, -0.05) is 11.6 Å². The first kappa shape index (κ1) is 19.7. The monoisotopic (exact) mass is 402 g/mol. The van der Waals surface area contributed by atoms with Crippen LogP contribution in [0.15, 0.2) is 42.5 Å². The Hall–Kier alpha value is -3.06. The molecule has 0 aromatic heterocycles. The van der Waals surface area contributed by atoms with Crippen LogP contribution in [0.4, 0.5) is 11.4 Å². The van der Waals surface area contributed by atoms with Crippen LogP contribution in [0.5, 0.6) is 5.75 Å². The summed E-state index contributed by atoms with van der Waals surface area (Å²) in [4.78, 5) is 37.2. The Morgan fingerprint density at radius 1 is 1.18 bits per heavy atom. The van der Waals surface area contributed by atoms with Gasteiger partial charge in [-0.15, -0.1) is 0 Å². The Labute approximate surface area is 167 Å². The van der Waals surface area contributed by atoms with E-state index in [0.717, 1.165) is 12.1 Å². The number of methoxy groups -OCH3 is 1. The fraction of sp³-hybridized carbons (Fsp3) is 0.250. The lowest BCUT2D eigenvalue weighted by Gasteiger charge is -2.16. The summed E-state index contributed by atoms with van der Waals surface area (Å²) in [5.74, 6) is -0.346. The molecule has 0 radical (unpaired) electrons. The highest BCUT2D eigenvalue weighted by Gasteiger charge is 2.21. The fourth-order valence-corrected chi connectivity index (χ4v) is 3.01. The van der Waals surface area contributed by atoms with Crippen molar-refractivity contribution in [3.05, 3.63) is 53.1 Å². The first-order valence-electron chi connectivity index (χ1n) is 8.69. The van der Waals surface area contributed by atoms with Crippen molar-refractivity contribution in [1.82, 2.24) is 0 Å². The number of benzene rings is 2. The first-order valence-corrected chi connectivity index (χ1v) is 9.06. The lowest BCUT2D eigenvalue weighted by atomic mass is 10.2. The predicted molar refractivity (Wildman–Crippen MR) is 105 cm³/mol. The maximum Gasteiger partial charge on any atom is 0.337 e. The number of hydrogen-bond donors (Lipinski definition) is 1. The molecule has 146 valence electrons. The van der Waals surface area contributed by atoms with Gasteiger partial charge in [0.05, 0.1) is 23.4 Å². The van der Waals surface area contributed by atoms with Crippen LogP contribution in [0.3, 0.4) is 0 Å². The van der Waals surface area contributed by atoms with E-state index in [1.165, 1.54) is 25.3 Å². The number of carbonyl (C=O) groups is 3. The van der Waals surface area contributed by atoms with E-state index in [1.807, 2.05) is 0 Å². The molecule has 0 saturated carbocycles. The number of esters is 1. The number of ether oxygens (including phenoxy) is 2. The van der Waals surface area contributed by atoms with Gasteiger partial charge < -0.3 is 19.7 Å². The molecule has 8 heteroatoms. The summed E-state index contributed by atoms with van der Waals surface area (Å²) in [5.41, 5.74) is 1.38. The van der Waals surface area contributed by atoms with Crippen LogP contribution in [0.1, 0.15) is 23.2 Å². The van der Waals surface area contributed by atoms with Gasteiger partial charge in [0.2, 0.25) is 5.91 Å². The van der Waals surface area contributed by atoms with Gasteiger partial charge in [0.25, 0.3) is 5.91 Å². The Balaban J connectivity index is 1.57. The summed E-state index contributed by atoms with van der Waals surface area (Å²) in [6.07, 6.45) is 1.43. The fourth-order valence-electron chi connectivity index (χ4n) is 2.84. The van der Waals surface area contributed by atoms with Crippen LogP contribution in [0.25, 0.3) is 0 Å². The highest BCUT2D eigenvalue weighted by atomic mass is 35.5. The first-order chi connectivity index (χ1) is 13.5. The minimum atomic E-state index is -0.528. The van der Waals surface area contributed by atoms with Gasteiger partial charge in [-0.2, -0.15) is 0 Å². The third kappa shape index (κ3) is 4.61. The van der Waals surface area contributed by atoms with E-state index in [-0.39, 0.29) is 18.1 Å². The molecule has 1 heterocycles. The zero-order valence-corrected chi connectivity index (χ0v) is 16.0. The van der Waals surface area contributed by atoms with Gasteiger partial charge in [0.1, 0.15) is 5.75 Å². The van der Waals surface area contributed by atoms with Crippen molar-refractivity contribution in [2.45, 2.75) is 12.8 Å². The van der Waals surface area contributed by atoms with E-state index in [4.69, 9.17) is 16.3 Å². The molecule has 1 fully saturated rings. The van der Waals surface area contributed by atoms with Crippen LogP contribution in [0.2, 0.25) is 5.02 Å². The van der Waals surface area contributed by atoms with E-state index < -0.39 is 11.9 Å². The molecule has 0 spiro atoms. The van der Waals surface area contributed by atoms with Gasteiger partial charge in [0, 0.05) is 18.7 Å². The molecule has 1 N–H and O–H groups in total. The van der Waals surface area contributed by atoms with Crippen molar-refractivity contribution in [2.75, 3.05) is 30.5 Å². The summed E-state index contributed by atoms with van der Waals surface area (Å²) >= 11 is 6.06. The van der Waals surface area contributed by atoms with Crippen molar-refractivity contribution in [3.63, 3.8) is 0 Å². The van der Waals surface area contributed by atoms with Gasteiger partial charge in [0.15, 0.2) is 6.61 Å². The average molecular weight is 403 g/mol. The molecule has 3 rings (SSSR count). The zero-order chi connectivity index (χ0) is 20.1. The number of nitrogens with zero attached hydrogens (tertiary/aromatic N) is 1. The predicted octanol–water partition coefficient (Wildman–Crippen LogP) is 3.27. The molecule has 28 heavy (non-hydrogen) atoms. The van der Waals surface area contributed by atoms with Crippen molar-refractivity contribution >= 4 is 40.8 Å². The topological polar surface area (TPSA) is 84.9 Å². The quantitative estimate of drug-likeness (QED) is 0.749. The highest BCUT2D eigenvalue weighted by molar-refractivity contribution is 6.33. The molecule has 0 aliphatic carbocycles. The van der Waals surface area contributed by atoms with Crippen molar-refractivity contribution in [1.29, 1.82) is 0 Å². The lowest BCUT2D eigenvalue weighted by Crippen LogP contribution is -2.23. The molecule has 7 nitrogen and oxygen atoms in total. The van der Waals surface area contributed by atoms with Gasteiger partial charge in [-0.05, 0) is 48.9 Å². The second-order valence-corrected chi connectivity index (χ2v) is 6.57. The third-order valence-corrected chi connectivity index (χ3v) is 4.58. The van der Waals surface area contributed by atoms with Crippen LogP contribution in [-0.4, -0.2) is 38.0 Å². The molecular weight excluding hydrogens is 384 g/mol. The number of anilines is 2. The maximum absolute atomic E-state index is 12.1. The molecule has 0 atom stereocenters. The van der Waals surface area contributed by atoms with Crippen molar-refractivity contribution < 1.29 is 23.9 Å². The summed E-state index contributed by atoms with van der Waals surface area (Å²) in [6.45, 7) is 0.480. The van der Waals surface area contributed by atoms with Gasteiger partial charge in [-0.25, -0.2) is 4.79 Å². The van der Waals surface area contributed by atoms with Gasteiger partial charge >= 0.3 is 5.97 Å². The van der Waals surface area contributed by atoms with Crippen molar-refractivity contribution in [3.8, 4) is 5.75 Å². The van der Waals surface area contributed by atoms with Crippen LogP contribution >= 0.6 is 11.6 Å². The van der Waals surface area contributed by atoms with Crippen LogP contribution in [0, 0.1) is 0 Å². The minimum Gasteiger partial charge on any atom is -0.484 e. The Morgan fingerprint density at radius 3 is 2.57 bits per heavy atom.